The SMILES string of the molecule is Fc1cc(F)c(-c2c3nc(c(-c4c(F)c(F)c(F)c(F)c4F)c4ccc([nH]4)c(-c4c(F)cc(F)cc4F)c4nc(c(-c5c(F)c(F)c(F)c(F)c5F)c5nc(c(-c6c(F)c(F)c(F)c(F)c6F)c6ccc([nH]6)c(-c6c(F)c(F)c(F)c(F)c6F)c6nc2C=C6)C=C5)C=C4)C=C3)c(F)c1. The van der Waals surface area contributed by atoms with Crippen LogP contribution in [0.1, 0.15) is 45.6 Å². The van der Waals surface area contributed by atoms with E-state index in [9.17, 15) is 26.3 Å². The topological polar surface area (TPSA) is 83.1 Å². The van der Waals surface area contributed by atoms with Crippen LogP contribution in [0.15, 0.2) is 48.5 Å². The highest BCUT2D eigenvalue weighted by molar-refractivity contribution is 6.01. The Morgan fingerprint density at radius 2 is 0.327 bits per heavy atom. The summed E-state index contributed by atoms with van der Waals surface area (Å²) in [6, 6.07) is 2.49. The van der Waals surface area contributed by atoms with Crippen LogP contribution in [0.2, 0.25) is 0 Å². The summed E-state index contributed by atoms with van der Waals surface area (Å²) in [6.45, 7) is 0. The van der Waals surface area contributed by atoms with E-state index in [1.807, 2.05) is 0 Å². The Hall–Kier alpha value is -11.6. The van der Waals surface area contributed by atoms with Crippen molar-refractivity contribution in [1.29, 1.82) is 0 Å². The maximum Gasteiger partial charge on any atom is 0.200 e. The molecule has 98 heavy (non-hydrogen) atoms. The molecule has 4 aliphatic heterocycles. The number of H-pyrrole nitrogens is 2. The van der Waals surface area contributed by atoms with Gasteiger partial charge in [0.15, 0.2) is 93.1 Å². The number of hydrogen-bond donors (Lipinski definition) is 2. The van der Waals surface area contributed by atoms with Crippen LogP contribution in [0.5, 0.6) is 0 Å². The second-order valence-electron chi connectivity index (χ2n) is 21.0. The fourth-order valence-electron chi connectivity index (χ4n) is 11.2. The standard InChI is InChI=1S/C66H18F26N6/c67-17-13-19(69)35(20(70)14-17)37-23-1-5-27(93-23)39(43-47(73)55(81)63(89)56(82)48(43)74)28-6-2-24(94-28)38(36-21(71)15-18(68)16-22(36)72)26-4-8-30(96-26)41(45-51(77)59(85)65(91)60(86)52(45)78)32-10-12-34(98-32)42(46-53(79)61(87)66(92)62(88)54(46)80)33-11-9-31(97-33)40(29-7-3-25(37)95-29)44-49(75)57(83)64(90)58(84)50(44)76/h1-16,93,98H. The van der Waals surface area contributed by atoms with Crippen LogP contribution in [0.25, 0.3) is 137 Å². The van der Waals surface area contributed by atoms with Gasteiger partial charge in [-0.3, -0.25) is 0 Å². The molecule has 9 aromatic rings. The summed E-state index contributed by atoms with van der Waals surface area (Å²) in [6.07, 6.45) is 4.62. The highest BCUT2D eigenvalue weighted by Crippen LogP contribution is 2.47. The van der Waals surface area contributed by atoms with Gasteiger partial charge in [0.25, 0.3) is 0 Å². The van der Waals surface area contributed by atoms with E-state index in [1.165, 1.54) is 0 Å². The largest absolute Gasteiger partial charge is 0.354 e. The number of nitrogens with zero attached hydrogens (tertiary/aromatic N) is 4. The third-order valence-electron chi connectivity index (χ3n) is 15.4. The molecule has 3 aromatic heterocycles. The molecule has 6 aromatic carbocycles. The third kappa shape index (κ3) is 9.99. The van der Waals surface area contributed by atoms with Crippen molar-refractivity contribution in [1.82, 2.24) is 29.9 Å². The van der Waals surface area contributed by atoms with E-state index in [1.54, 1.807) is 0 Å². The van der Waals surface area contributed by atoms with Crippen LogP contribution in [0.3, 0.4) is 0 Å². The highest BCUT2D eigenvalue weighted by atomic mass is 19.2. The second kappa shape index (κ2) is 23.6. The molecular formula is C66H18F26N6. The number of fused-ring (bicyclic) bond motifs is 12. The summed E-state index contributed by atoms with van der Waals surface area (Å²) < 4.78 is 410. The van der Waals surface area contributed by atoms with E-state index in [0.717, 1.165) is 0 Å². The number of benzene rings is 6. The molecule has 6 nitrogen and oxygen atoms in total. The highest BCUT2D eigenvalue weighted by Gasteiger charge is 2.37. The average Bonchev–Trinajstić information content (AvgIpc) is 1.51. The summed E-state index contributed by atoms with van der Waals surface area (Å²) in [5.74, 6) is -65.8. The number of aromatic nitrogens is 6. The minimum absolute atomic E-state index is 0.0250. The zero-order valence-electron chi connectivity index (χ0n) is 46.9. The van der Waals surface area contributed by atoms with Crippen LogP contribution < -0.4 is 0 Å². The van der Waals surface area contributed by atoms with Crippen molar-refractivity contribution in [3.63, 3.8) is 0 Å². The number of rotatable bonds is 6. The predicted molar refractivity (Wildman–Crippen MR) is 299 cm³/mol. The van der Waals surface area contributed by atoms with Gasteiger partial charge in [0.05, 0.1) is 78.9 Å². The van der Waals surface area contributed by atoms with Crippen LogP contribution in [-0.4, -0.2) is 29.9 Å². The Balaban J connectivity index is 1.32. The van der Waals surface area contributed by atoms with E-state index in [2.05, 4.69) is 29.9 Å². The van der Waals surface area contributed by atoms with Crippen LogP contribution in [0, 0.1) is 151 Å². The monoisotopic (exact) mass is 1390 g/mol. The molecule has 13 rings (SSSR count). The van der Waals surface area contributed by atoms with Gasteiger partial charge in [-0.15, -0.1) is 0 Å². The van der Waals surface area contributed by atoms with Gasteiger partial charge in [-0.2, -0.15) is 0 Å². The number of halogens is 26. The molecule has 32 heteroatoms. The molecule has 0 unspecified atom stereocenters. The van der Waals surface area contributed by atoms with Gasteiger partial charge in [-0.25, -0.2) is 134 Å². The molecule has 0 saturated carbocycles. The van der Waals surface area contributed by atoms with Gasteiger partial charge in [-0.05, 0) is 72.9 Å². The lowest BCUT2D eigenvalue weighted by Crippen LogP contribution is -2.06. The van der Waals surface area contributed by atoms with Crippen LogP contribution >= 0.6 is 0 Å². The average molecular weight is 1390 g/mol. The molecule has 0 atom stereocenters. The minimum Gasteiger partial charge on any atom is -0.354 e. The summed E-state index contributed by atoms with van der Waals surface area (Å²) in [5, 5.41) is 0. The maximum absolute atomic E-state index is 16.4. The fourth-order valence-corrected chi connectivity index (χ4v) is 11.2. The molecule has 0 aliphatic carbocycles. The van der Waals surface area contributed by atoms with Crippen molar-refractivity contribution in [3.8, 4) is 66.8 Å². The first-order chi connectivity index (χ1) is 46.4. The van der Waals surface area contributed by atoms with Crippen molar-refractivity contribution in [2.45, 2.75) is 0 Å². The first-order valence-corrected chi connectivity index (χ1v) is 27.0. The summed E-state index contributed by atoms with van der Waals surface area (Å²) in [4.78, 5) is 20.9. The molecule has 12 bridgehead atoms. The Labute approximate surface area is 525 Å². The number of nitrogens with one attached hydrogen (secondary N) is 2. The fraction of sp³-hybridized carbons (Fsp3) is 0. The Bertz CT molecular complexity index is 5510. The smallest absolute Gasteiger partial charge is 0.200 e. The van der Waals surface area contributed by atoms with E-state index >= 15 is 87.8 Å². The number of hydrogen-bond acceptors (Lipinski definition) is 4. The zero-order chi connectivity index (χ0) is 70.4. The molecule has 4 aliphatic rings. The van der Waals surface area contributed by atoms with Crippen molar-refractivity contribution in [2.24, 2.45) is 0 Å². The molecule has 0 spiro atoms. The first-order valence-electron chi connectivity index (χ1n) is 27.0. The molecule has 0 fully saturated rings. The Morgan fingerprint density at radius 3 is 0.541 bits per heavy atom. The van der Waals surface area contributed by atoms with E-state index < -0.39 is 286 Å². The lowest BCUT2D eigenvalue weighted by molar-refractivity contribution is 0.381. The van der Waals surface area contributed by atoms with Crippen molar-refractivity contribution in [3.05, 3.63) is 245 Å². The number of aromatic amines is 2. The first kappa shape index (κ1) is 65.1. The molecule has 7 heterocycles. The van der Waals surface area contributed by atoms with E-state index in [-0.39, 0.29) is 24.3 Å². The molecule has 0 saturated heterocycles. The summed E-state index contributed by atoms with van der Waals surface area (Å²) >= 11 is 0. The quantitative estimate of drug-likeness (QED) is 0.0987. The zero-order valence-corrected chi connectivity index (χ0v) is 46.9. The van der Waals surface area contributed by atoms with Gasteiger partial charge in [-0.1, -0.05) is 0 Å². The van der Waals surface area contributed by atoms with Gasteiger partial charge < -0.3 is 9.97 Å². The van der Waals surface area contributed by atoms with Gasteiger partial charge >= 0.3 is 0 Å². The van der Waals surface area contributed by atoms with Gasteiger partial charge in [0.2, 0.25) is 23.3 Å². The molecule has 494 valence electrons. The van der Waals surface area contributed by atoms with Crippen molar-refractivity contribution < 1.29 is 114 Å². The normalized spacial score (nSPS) is 12.4. The van der Waals surface area contributed by atoms with Gasteiger partial charge in [0, 0.05) is 79.7 Å². The molecule has 0 amide bonds. The molecule has 2 N–H and O–H groups in total. The summed E-state index contributed by atoms with van der Waals surface area (Å²) in [7, 11) is 0. The second-order valence-corrected chi connectivity index (χ2v) is 21.0. The predicted octanol–water partition coefficient (Wildman–Crippen LogP) is 20.3. The Kier molecular flexibility index (Phi) is 15.7. The van der Waals surface area contributed by atoms with Crippen LogP contribution in [-0.2, 0) is 0 Å². The van der Waals surface area contributed by atoms with Crippen LogP contribution in [0.4, 0.5) is 114 Å². The Morgan fingerprint density at radius 1 is 0.173 bits per heavy atom. The van der Waals surface area contributed by atoms with Crippen molar-refractivity contribution in [2.75, 3.05) is 0 Å². The van der Waals surface area contributed by atoms with Crippen molar-refractivity contribution >= 4 is 70.7 Å². The lowest BCUT2D eigenvalue weighted by atomic mass is 10.00. The third-order valence-corrected chi connectivity index (χ3v) is 15.4. The minimum atomic E-state index is -2.84. The van der Waals surface area contributed by atoms with E-state index in [0.29, 0.717) is 72.9 Å². The summed E-state index contributed by atoms with van der Waals surface area (Å²) in [5.41, 5.74) is -31.6. The van der Waals surface area contributed by atoms with E-state index in [4.69, 9.17) is 0 Å². The lowest BCUT2D eigenvalue weighted by Gasteiger charge is -2.11. The maximum atomic E-state index is 16.4. The molecule has 0 radical (unpaired) electrons. The van der Waals surface area contributed by atoms with Gasteiger partial charge in [0.1, 0.15) is 34.9 Å². The molecular weight excluding hydrogens is 1370 g/mol.